The third-order valence-electron chi connectivity index (χ3n) is 7.29. The summed E-state index contributed by atoms with van der Waals surface area (Å²) < 4.78 is 5.65. The zero-order chi connectivity index (χ0) is 24.9. The average Bonchev–Trinajstić information content (AvgIpc) is 3.16. The minimum absolute atomic E-state index is 0.0206. The normalized spacial score (nSPS) is 20.0. The minimum Gasteiger partial charge on any atom is -0.481 e. The van der Waals surface area contributed by atoms with Gasteiger partial charge >= 0.3 is 12.1 Å². The fraction of sp³-hybridized carbons (Fsp3) is 0.464. The van der Waals surface area contributed by atoms with Gasteiger partial charge in [0.2, 0.25) is 5.91 Å². The Morgan fingerprint density at radius 1 is 0.943 bits per heavy atom. The highest BCUT2D eigenvalue weighted by atomic mass is 16.5. The number of hydrogen-bond donors (Lipinski definition) is 3. The summed E-state index contributed by atoms with van der Waals surface area (Å²) in [6, 6.07) is 16.1. The average molecular weight is 479 g/mol. The lowest BCUT2D eigenvalue weighted by Crippen LogP contribution is -2.45. The van der Waals surface area contributed by atoms with Crippen LogP contribution in [-0.2, 0) is 14.3 Å². The van der Waals surface area contributed by atoms with Gasteiger partial charge in [-0.25, -0.2) is 4.79 Å². The van der Waals surface area contributed by atoms with Crippen molar-refractivity contribution in [3.05, 3.63) is 59.7 Å². The predicted octanol–water partition coefficient (Wildman–Crippen LogP) is 4.70. The zero-order valence-corrected chi connectivity index (χ0v) is 20.3. The van der Waals surface area contributed by atoms with Crippen molar-refractivity contribution in [2.24, 2.45) is 11.8 Å². The van der Waals surface area contributed by atoms with E-state index < -0.39 is 12.1 Å². The number of ether oxygens (including phenoxy) is 1. The predicted molar refractivity (Wildman–Crippen MR) is 133 cm³/mol. The molecule has 4 rings (SSSR count). The number of amides is 2. The lowest BCUT2D eigenvalue weighted by Gasteiger charge is -2.30. The SMILES string of the molecule is CC(C)C(CC(=O)O)NC(=O)C1CCC(NC(=O)OCC2c3ccccc3-c3ccccc32)CC1. The van der Waals surface area contributed by atoms with Gasteiger partial charge in [-0.15, -0.1) is 0 Å². The second kappa shape index (κ2) is 10.9. The van der Waals surface area contributed by atoms with Crippen LogP contribution in [0.5, 0.6) is 0 Å². The molecule has 186 valence electrons. The molecule has 1 unspecified atom stereocenters. The summed E-state index contributed by atoms with van der Waals surface area (Å²) in [5.41, 5.74) is 4.74. The third-order valence-corrected chi connectivity index (χ3v) is 7.29. The summed E-state index contributed by atoms with van der Waals surface area (Å²) in [4.78, 5) is 36.3. The van der Waals surface area contributed by atoms with E-state index in [2.05, 4.69) is 34.9 Å². The van der Waals surface area contributed by atoms with Crippen LogP contribution in [0.2, 0.25) is 0 Å². The maximum Gasteiger partial charge on any atom is 0.407 e. The molecule has 2 amide bonds. The number of hydrogen-bond acceptors (Lipinski definition) is 4. The molecular formula is C28H34N2O5. The van der Waals surface area contributed by atoms with Gasteiger partial charge in [0, 0.05) is 23.9 Å². The van der Waals surface area contributed by atoms with Crippen molar-refractivity contribution in [1.82, 2.24) is 10.6 Å². The van der Waals surface area contributed by atoms with Crippen LogP contribution < -0.4 is 10.6 Å². The lowest BCUT2D eigenvalue weighted by atomic mass is 9.85. The molecule has 1 atom stereocenters. The Bertz CT molecular complexity index is 1030. The van der Waals surface area contributed by atoms with Crippen molar-refractivity contribution < 1.29 is 24.2 Å². The molecule has 0 spiro atoms. The van der Waals surface area contributed by atoms with Gasteiger partial charge in [0.1, 0.15) is 6.61 Å². The number of nitrogens with one attached hydrogen (secondary N) is 2. The fourth-order valence-corrected chi connectivity index (χ4v) is 5.25. The van der Waals surface area contributed by atoms with E-state index in [1.807, 2.05) is 38.1 Å². The summed E-state index contributed by atoms with van der Waals surface area (Å²) in [5.74, 6) is -1.11. The first kappa shape index (κ1) is 24.8. The number of carbonyl (C=O) groups excluding carboxylic acids is 2. The fourth-order valence-electron chi connectivity index (χ4n) is 5.25. The first-order valence-corrected chi connectivity index (χ1v) is 12.5. The molecule has 7 nitrogen and oxygen atoms in total. The highest BCUT2D eigenvalue weighted by molar-refractivity contribution is 5.80. The van der Waals surface area contributed by atoms with Crippen LogP contribution in [0.3, 0.4) is 0 Å². The molecule has 0 heterocycles. The largest absolute Gasteiger partial charge is 0.481 e. The maximum absolute atomic E-state index is 12.7. The first-order chi connectivity index (χ1) is 16.8. The molecule has 0 radical (unpaired) electrons. The van der Waals surface area contributed by atoms with Crippen molar-refractivity contribution in [3.63, 3.8) is 0 Å². The van der Waals surface area contributed by atoms with Crippen LogP contribution in [0.25, 0.3) is 11.1 Å². The Hall–Kier alpha value is -3.35. The maximum atomic E-state index is 12.7. The molecule has 1 saturated carbocycles. The Morgan fingerprint density at radius 3 is 2.06 bits per heavy atom. The van der Waals surface area contributed by atoms with Gasteiger partial charge in [0.25, 0.3) is 0 Å². The van der Waals surface area contributed by atoms with E-state index in [4.69, 9.17) is 9.84 Å². The molecule has 1 fully saturated rings. The molecule has 35 heavy (non-hydrogen) atoms. The number of rotatable bonds is 8. The number of carbonyl (C=O) groups is 3. The van der Waals surface area contributed by atoms with Crippen LogP contribution >= 0.6 is 0 Å². The van der Waals surface area contributed by atoms with Crippen LogP contribution in [0, 0.1) is 11.8 Å². The Balaban J connectivity index is 1.25. The first-order valence-electron chi connectivity index (χ1n) is 12.5. The number of carboxylic acid groups (broad SMARTS) is 1. The standard InChI is InChI=1S/C28H34N2O5/c1-17(2)25(15-26(31)32)30-27(33)18-11-13-19(14-12-18)29-28(34)35-16-24-22-9-5-3-7-20(22)21-8-4-6-10-23(21)24/h3-10,17-19,24-25H,11-16H2,1-2H3,(H,29,34)(H,30,33)(H,31,32). The van der Waals surface area contributed by atoms with E-state index in [9.17, 15) is 14.4 Å². The van der Waals surface area contributed by atoms with Gasteiger partial charge in [0.05, 0.1) is 6.42 Å². The van der Waals surface area contributed by atoms with E-state index in [1.165, 1.54) is 22.3 Å². The number of aliphatic carboxylic acids is 1. The third kappa shape index (κ3) is 5.84. The second-order valence-electron chi connectivity index (χ2n) is 9.98. The molecule has 0 aliphatic heterocycles. The number of benzene rings is 2. The molecule has 2 aromatic rings. The summed E-state index contributed by atoms with van der Waals surface area (Å²) in [5, 5.41) is 15.0. The van der Waals surface area contributed by atoms with E-state index in [0.29, 0.717) is 25.7 Å². The van der Waals surface area contributed by atoms with Crippen molar-refractivity contribution >= 4 is 18.0 Å². The van der Waals surface area contributed by atoms with Gasteiger partial charge in [-0.1, -0.05) is 62.4 Å². The van der Waals surface area contributed by atoms with E-state index in [0.717, 1.165) is 0 Å². The van der Waals surface area contributed by atoms with E-state index >= 15 is 0 Å². The van der Waals surface area contributed by atoms with E-state index in [1.54, 1.807) is 0 Å². The van der Waals surface area contributed by atoms with Gasteiger partial charge < -0.3 is 20.5 Å². The summed E-state index contributed by atoms with van der Waals surface area (Å²) in [6.45, 7) is 4.09. The van der Waals surface area contributed by atoms with Crippen LogP contribution in [0.4, 0.5) is 4.79 Å². The molecule has 0 bridgehead atoms. The molecule has 2 aromatic carbocycles. The Kier molecular flexibility index (Phi) is 7.73. The van der Waals surface area contributed by atoms with Crippen molar-refractivity contribution in [3.8, 4) is 11.1 Å². The Morgan fingerprint density at radius 2 is 1.51 bits per heavy atom. The van der Waals surface area contributed by atoms with Crippen molar-refractivity contribution in [2.45, 2.75) is 64.0 Å². The highest BCUT2D eigenvalue weighted by Crippen LogP contribution is 2.44. The lowest BCUT2D eigenvalue weighted by molar-refractivity contribution is -0.138. The molecular weight excluding hydrogens is 444 g/mol. The summed E-state index contributed by atoms with van der Waals surface area (Å²) in [6.07, 6.45) is 2.17. The zero-order valence-electron chi connectivity index (χ0n) is 20.3. The van der Waals surface area contributed by atoms with E-state index in [-0.39, 0.29) is 48.8 Å². The summed E-state index contributed by atoms with van der Waals surface area (Å²) >= 11 is 0. The van der Waals surface area contributed by atoms with Crippen LogP contribution in [-0.4, -0.2) is 41.8 Å². The van der Waals surface area contributed by atoms with Gasteiger partial charge in [-0.05, 0) is 53.9 Å². The highest BCUT2D eigenvalue weighted by Gasteiger charge is 2.31. The topological polar surface area (TPSA) is 105 Å². The molecule has 0 saturated heterocycles. The molecule has 2 aliphatic rings. The molecule has 3 N–H and O–H groups in total. The van der Waals surface area contributed by atoms with Crippen LogP contribution in [0.15, 0.2) is 48.5 Å². The summed E-state index contributed by atoms with van der Waals surface area (Å²) in [7, 11) is 0. The smallest absolute Gasteiger partial charge is 0.407 e. The number of alkyl carbamates (subject to hydrolysis) is 1. The monoisotopic (exact) mass is 478 g/mol. The number of carboxylic acids is 1. The minimum atomic E-state index is -0.917. The van der Waals surface area contributed by atoms with Gasteiger partial charge in [-0.2, -0.15) is 0 Å². The van der Waals surface area contributed by atoms with Crippen LogP contribution in [0.1, 0.15) is 63.0 Å². The van der Waals surface area contributed by atoms with Crippen molar-refractivity contribution in [2.75, 3.05) is 6.61 Å². The molecule has 7 heteroatoms. The second-order valence-corrected chi connectivity index (χ2v) is 9.98. The van der Waals surface area contributed by atoms with Crippen molar-refractivity contribution in [1.29, 1.82) is 0 Å². The Labute approximate surface area is 206 Å². The number of fused-ring (bicyclic) bond motifs is 3. The quantitative estimate of drug-likeness (QED) is 0.510. The van der Waals surface area contributed by atoms with Gasteiger partial charge in [-0.3, -0.25) is 9.59 Å². The molecule has 2 aliphatic carbocycles. The van der Waals surface area contributed by atoms with Gasteiger partial charge in [0.15, 0.2) is 0 Å². The molecule has 0 aromatic heterocycles.